The van der Waals surface area contributed by atoms with Gasteiger partial charge < -0.3 is 24.0 Å². The van der Waals surface area contributed by atoms with E-state index in [0.717, 1.165) is 24.5 Å². The van der Waals surface area contributed by atoms with Crippen LogP contribution in [0, 0.1) is 0 Å². The van der Waals surface area contributed by atoms with E-state index >= 15 is 0 Å². The average Bonchev–Trinajstić information content (AvgIpc) is 2.77. The highest BCUT2D eigenvalue weighted by molar-refractivity contribution is 5.81. The van der Waals surface area contributed by atoms with Crippen LogP contribution in [-0.2, 0) is 4.79 Å². The van der Waals surface area contributed by atoms with Crippen LogP contribution in [0.3, 0.4) is 0 Å². The number of nitrogens with zero attached hydrogens (tertiary/aromatic N) is 2. The Hall–Kier alpha value is -3.22. The van der Waals surface area contributed by atoms with E-state index in [0.29, 0.717) is 36.4 Å². The van der Waals surface area contributed by atoms with E-state index < -0.39 is 0 Å². The maximum absolute atomic E-state index is 12.5. The zero-order valence-corrected chi connectivity index (χ0v) is 16.1. The molecule has 0 saturated carbocycles. The van der Waals surface area contributed by atoms with Crippen molar-refractivity contribution in [2.75, 3.05) is 51.9 Å². The molecule has 1 saturated heterocycles. The number of benzene rings is 2. The molecule has 1 aliphatic rings. The molecule has 0 atom stereocenters. The molecule has 0 aromatic heterocycles. The molecule has 2 aromatic carbocycles. The molecule has 148 valence electrons. The maximum atomic E-state index is 12.5. The Kier molecular flexibility index (Phi) is 6.37. The zero-order chi connectivity index (χ0) is 19.9. The van der Waals surface area contributed by atoms with Crippen LogP contribution in [0.1, 0.15) is 10.4 Å². The first-order valence-electron chi connectivity index (χ1n) is 9.07. The number of hydrogen-bond acceptors (Lipinski definition) is 6. The van der Waals surface area contributed by atoms with Crippen LogP contribution in [0.2, 0.25) is 0 Å². The minimum atomic E-state index is -0.101. The van der Waals surface area contributed by atoms with Gasteiger partial charge in [-0.2, -0.15) is 0 Å². The normalized spacial score (nSPS) is 13.8. The number of aldehydes is 1. The van der Waals surface area contributed by atoms with Crippen molar-refractivity contribution in [2.24, 2.45) is 0 Å². The van der Waals surface area contributed by atoms with Crippen molar-refractivity contribution in [2.45, 2.75) is 0 Å². The van der Waals surface area contributed by atoms with Crippen molar-refractivity contribution in [3.8, 4) is 17.2 Å². The predicted octanol–water partition coefficient (Wildman–Crippen LogP) is 2.24. The molecule has 0 spiro atoms. The van der Waals surface area contributed by atoms with Crippen LogP contribution in [-0.4, -0.2) is 64.1 Å². The first-order valence-corrected chi connectivity index (χ1v) is 9.07. The molecule has 0 unspecified atom stereocenters. The molecular weight excluding hydrogens is 360 g/mol. The smallest absolute Gasteiger partial charge is 0.260 e. The molecule has 7 heteroatoms. The van der Waals surface area contributed by atoms with Crippen molar-refractivity contribution in [3.63, 3.8) is 0 Å². The molecule has 0 aliphatic carbocycles. The van der Waals surface area contributed by atoms with Crippen LogP contribution in [0.4, 0.5) is 5.69 Å². The zero-order valence-electron chi connectivity index (χ0n) is 16.1. The van der Waals surface area contributed by atoms with Gasteiger partial charge in [0.05, 0.1) is 19.8 Å². The van der Waals surface area contributed by atoms with Gasteiger partial charge in [-0.1, -0.05) is 0 Å². The van der Waals surface area contributed by atoms with Gasteiger partial charge in [0.25, 0.3) is 5.91 Å². The molecule has 28 heavy (non-hydrogen) atoms. The van der Waals surface area contributed by atoms with Crippen LogP contribution < -0.4 is 19.1 Å². The monoisotopic (exact) mass is 384 g/mol. The summed E-state index contributed by atoms with van der Waals surface area (Å²) in [4.78, 5) is 27.7. The van der Waals surface area contributed by atoms with E-state index in [1.54, 1.807) is 30.2 Å². The summed E-state index contributed by atoms with van der Waals surface area (Å²) in [7, 11) is 3.17. The first kappa shape index (κ1) is 19.5. The second kappa shape index (κ2) is 9.12. The summed E-state index contributed by atoms with van der Waals surface area (Å²) in [6.07, 6.45) is 0.690. The number of methoxy groups -OCH3 is 2. The Labute approximate surface area is 164 Å². The standard InChI is InChI=1S/C21H24N2O5/c1-26-18-5-3-17(4-6-18)22-9-11-23(12-10-22)21(25)15-28-20-8-7-19(27-2)13-16(20)14-24/h3-8,13-14H,9-12,15H2,1-2H3. The maximum Gasteiger partial charge on any atom is 0.260 e. The van der Waals surface area contributed by atoms with Gasteiger partial charge in [0, 0.05) is 31.9 Å². The van der Waals surface area contributed by atoms with Crippen LogP contribution in [0.5, 0.6) is 17.2 Å². The van der Waals surface area contributed by atoms with Crippen molar-refractivity contribution < 1.29 is 23.8 Å². The predicted molar refractivity (Wildman–Crippen MR) is 106 cm³/mol. The summed E-state index contributed by atoms with van der Waals surface area (Å²) in [5, 5.41) is 0. The van der Waals surface area contributed by atoms with E-state index in [1.165, 1.54) is 7.11 Å². The largest absolute Gasteiger partial charge is 0.497 e. The highest BCUT2D eigenvalue weighted by atomic mass is 16.5. The number of rotatable bonds is 7. The fourth-order valence-electron chi connectivity index (χ4n) is 3.11. The van der Waals surface area contributed by atoms with Gasteiger partial charge in [-0.25, -0.2) is 0 Å². The fraction of sp³-hybridized carbons (Fsp3) is 0.333. The molecule has 1 aliphatic heterocycles. The Morgan fingerprint density at radius 1 is 0.964 bits per heavy atom. The summed E-state index contributed by atoms with van der Waals surface area (Å²) in [5.41, 5.74) is 1.47. The third-order valence-electron chi connectivity index (χ3n) is 4.77. The van der Waals surface area contributed by atoms with Crippen molar-refractivity contribution in [1.29, 1.82) is 0 Å². The highest BCUT2D eigenvalue weighted by Gasteiger charge is 2.22. The Balaban J connectivity index is 1.52. The molecular formula is C21H24N2O5. The third kappa shape index (κ3) is 4.54. The van der Waals surface area contributed by atoms with Crippen molar-refractivity contribution in [3.05, 3.63) is 48.0 Å². The molecule has 0 radical (unpaired) electrons. The van der Waals surface area contributed by atoms with Crippen LogP contribution in [0.15, 0.2) is 42.5 Å². The minimum Gasteiger partial charge on any atom is -0.497 e. The Morgan fingerprint density at radius 3 is 2.21 bits per heavy atom. The van der Waals surface area contributed by atoms with Gasteiger partial charge in [0.15, 0.2) is 12.9 Å². The van der Waals surface area contributed by atoms with Crippen molar-refractivity contribution in [1.82, 2.24) is 4.90 Å². The Morgan fingerprint density at radius 2 is 1.61 bits per heavy atom. The molecule has 3 rings (SSSR count). The van der Waals surface area contributed by atoms with E-state index in [1.807, 2.05) is 24.3 Å². The quantitative estimate of drug-likeness (QED) is 0.682. The molecule has 0 bridgehead atoms. The first-order chi connectivity index (χ1) is 13.6. The lowest BCUT2D eigenvalue weighted by atomic mass is 10.2. The number of hydrogen-bond donors (Lipinski definition) is 0. The van der Waals surface area contributed by atoms with Gasteiger partial charge in [0.2, 0.25) is 0 Å². The van der Waals surface area contributed by atoms with Gasteiger partial charge in [-0.05, 0) is 42.5 Å². The van der Waals surface area contributed by atoms with Gasteiger partial charge in [-0.15, -0.1) is 0 Å². The second-order valence-corrected chi connectivity index (χ2v) is 6.38. The van der Waals surface area contributed by atoms with E-state index in [9.17, 15) is 9.59 Å². The SMILES string of the molecule is COc1ccc(N2CCN(C(=O)COc3ccc(OC)cc3C=O)CC2)cc1. The summed E-state index contributed by atoms with van der Waals surface area (Å²) in [5.74, 6) is 1.67. The van der Waals surface area contributed by atoms with E-state index in [4.69, 9.17) is 14.2 Å². The van der Waals surface area contributed by atoms with Crippen LogP contribution in [0.25, 0.3) is 0 Å². The minimum absolute atomic E-state index is 0.0953. The lowest BCUT2D eigenvalue weighted by molar-refractivity contribution is -0.133. The summed E-state index contributed by atoms with van der Waals surface area (Å²) in [6, 6.07) is 12.8. The van der Waals surface area contributed by atoms with E-state index in [-0.39, 0.29) is 12.5 Å². The molecule has 7 nitrogen and oxygen atoms in total. The number of amides is 1. The number of carbonyl (C=O) groups is 2. The second-order valence-electron chi connectivity index (χ2n) is 6.38. The molecule has 1 amide bonds. The number of carbonyl (C=O) groups excluding carboxylic acids is 2. The number of piperazine rings is 1. The third-order valence-corrected chi connectivity index (χ3v) is 4.77. The van der Waals surface area contributed by atoms with Crippen molar-refractivity contribution >= 4 is 17.9 Å². The Bertz CT molecular complexity index is 814. The fourth-order valence-corrected chi connectivity index (χ4v) is 3.11. The molecule has 1 fully saturated rings. The number of anilines is 1. The summed E-state index contributed by atoms with van der Waals surface area (Å²) >= 11 is 0. The summed E-state index contributed by atoms with van der Waals surface area (Å²) in [6.45, 7) is 2.64. The van der Waals surface area contributed by atoms with E-state index in [2.05, 4.69) is 4.90 Å². The lowest BCUT2D eigenvalue weighted by Gasteiger charge is -2.36. The van der Waals surface area contributed by atoms with Gasteiger partial charge in [0.1, 0.15) is 17.2 Å². The summed E-state index contributed by atoms with van der Waals surface area (Å²) < 4.78 is 15.8. The molecule has 2 aromatic rings. The average molecular weight is 384 g/mol. The lowest BCUT2D eigenvalue weighted by Crippen LogP contribution is -2.50. The molecule has 0 N–H and O–H groups in total. The van der Waals surface area contributed by atoms with Gasteiger partial charge >= 0.3 is 0 Å². The topological polar surface area (TPSA) is 68.3 Å². The number of ether oxygens (including phenoxy) is 3. The van der Waals surface area contributed by atoms with Crippen LogP contribution >= 0.6 is 0 Å². The van der Waals surface area contributed by atoms with Gasteiger partial charge in [-0.3, -0.25) is 9.59 Å². The highest BCUT2D eigenvalue weighted by Crippen LogP contribution is 2.23. The molecule has 1 heterocycles.